The first-order chi connectivity index (χ1) is 8.11. The zero-order valence-corrected chi connectivity index (χ0v) is 10.6. The van der Waals surface area contributed by atoms with Gasteiger partial charge in [-0.1, -0.05) is 6.07 Å². The van der Waals surface area contributed by atoms with Crippen LogP contribution in [0.2, 0.25) is 0 Å². The topological polar surface area (TPSA) is 35.2 Å². The molecule has 17 heavy (non-hydrogen) atoms. The zero-order chi connectivity index (χ0) is 12.4. The van der Waals surface area contributed by atoms with Gasteiger partial charge in [-0.3, -0.25) is 0 Å². The fourth-order valence-corrected chi connectivity index (χ4v) is 2.62. The summed E-state index contributed by atoms with van der Waals surface area (Å²) in [4.78, 5) is 1.01. The molecule has 4 heteroatoms. The van der Waals surface area contributed by atoms with Gasteiger partial charge < -0.3 is 10.5 Å². The highest BCUT2D eigenvalue weighted by Crippen LogP contribution is 2.30. The van der Waals surface area contributed by atoms with Crippen molar-refractivity contribution in [1.29, 1.82) is 0 Å². The molecule has 2 nitrogen and oxygen atoms in total. The summed E-state index contributed by atoms with van der Waals surface area (Å²) in [6.07, 6.45) is 0. The van der Waals surface area contributed by atoms with Crippen molar-refractivity contribution in [1.82, 2.24) is 0 Å². The van der Waals surface area contributed by atoms with Gasteiger partial charge in [-0.05, 0) is 36.2 Å². The average Bonchev–Trinajstić information content (AvgIpc) is 2.76. The standard InChI is InChI=1S/C13H14FNOS/c1-8-5-9(14)3-4-11(8)13(15)12-6-10(16-2)7-17-12/h3-7,13H,15H2,1-2H3. The number of halogens is 1. The lowest BCUT2D eigenvalue weighted by Crippen LogP contribution is -2.11. The van der Waals surface area contributed by atoms with E-state index in [9.17, 15) is 4.39 Å². The minimum atomic E-state index is -0.234. The van der Waals surface area contributed by atoms with Crippen molar-refractivity contribution < 1.29 is 9.13 Å². The molecule has 0 radical (unpaired) electrons. The number of methoxy groups -OCH3 is 1. The van der Waals surface area contributed by atoms with Gasteiger partial charge in [0.05, 0.1) is 13.2 Å². The van der Waals surface area contributed by atoms with Crippen molar-refractivity contribution in [3.05, 3.63) is 51.5 Å². The number of benzene rings is 1. The average molecular weight is 251 g/mol. The maximum absolute atomic E-state index is 13.0. The van der Waals surface area contributed by atoms with Crippen molar-refractivity contribution in [2.75, 3.05) is 7.11 Å². The van der Waals surface area contributed by atoms with E-state index in [2.05, 4.69) is 0 Å². The van der Waals surface area contributed by atoms with Crippen molar-refractivity contribution in [2.45, 2.75) is 13.0 Å². The van der Waals surface area contributed by atoms with Crippen molar-refractivity contribution in [3.8, 4) is 5.75 Å². The minimum Gasteiger partial charge on any atom is -0.496 e. The number of ether oxygens (including phenoxy) is 1. The molecule has 1 aromatic heterocycles. The van der Waals surface area contributed by atoms with Crippen LogP contribution in [0, 0.1) is 12.7 Å². The maximum atomic E-state index is 13.0. The molecule has 0 aliphatic rings. The highest BCUT2D eigenvalue weighted by Gasteiger charge is 2.14. The number of thiophene rings is 1. The smallest absolute Gasteiger partial charge is 0.129 e. The van der Waals surface area contributed by atoms with E-state index in [1.54, 1.807) is 24.5 Å². The second-order valence-electron chi connectivity index (χ2n) is 3.87. The predicted octanol–water partition coefficient (Wildman–Crippen LogP) is 3.25. The van der Waals surface area contributed by atoms with Gasteiger partial charge in [-0.2, -0.15) is 0 Å². The van der Waals surface area contributed by atoms with Gasteiger partial charge in [0.2, 0.25) is 0 Å². The predicted molar refractivity (Wildman–Crippen MR) is 68.0 cm³/mol. The van der Waals surface area contributed by atoms with E-state index in [1.807, 2.05) is 18.4 Å². The molecule has 90 valence electrons. The van der Waals surface area contributed by atoms with Gasteiger partial charge >= 0.3 is 0 Å². The van der Waals surface area contributed by atoms with E-state index < -0.39 is 0 Å². The molecular formula is C13H14FNOS. The van der Waals surface area contributed by atoms with Crippen LogP contribution in [-0.4, -0.2) is 7.11 Å². The molecule has 0 spiro atoms. The largest absolute Gasteiger partial charge is 0.496 e. The Labute approximate surface area is 104 Å². The SMILES string of the molecule is COc1csc(C(N)c2ccc(F)cc2C)c1. The first kappa shape index (κ1) is 12.1. The van der Waals surface area contributed by atoms with Crippen LogP contribution in [-0.2, 0) is 0 Å². The van der Waals surface area contributed by atoms with E-state index in [0.29, 0.717) is 0 Å². The molecule has 0 saturated carbocycles. The fraction of sp³-hybridized carbons (Fsp3) is 0.231. The van der Waals surface area contributed by atoms with Gasteiger partial charge in [0, 0.05) is 10.3 Å². The Bertz CT molecular complexity index is 524. The van der Waals surface area contributed by atoms with Crippen LogP contribution in [0.15, 0.2) is 29.6 Å². The van der Waals surface area contributed by atoms with E-state index in [0.717, 1.165) is 21.8 Å². The third-order valence-electron chi connectivity index (χ3n) is 2.70. The lowest BCUT2D eigenvalue weighted by atomic mass is 10.0. The van der Waals surface area contributed by atoms with Crippen molar-refractivity contribution in [2.24, 2.45) is 5.73 Å². The summed E-state index contributed by atoms with van der Waals surface area (Å²) in [5.74, 6) is 0.572. The van der Waals surface area contributed by atoms with E-state index in [-0.39, 0.29) is 11.9 Å². The van der Waals surface area contributed by atoms with E-state index >= 15 is 0 Å². The molecule has 1 unspecified atom stereocenters. The van der Waals surface area contributed by atoms with Crippen LogP contribution in [0.1, 0.15) is 22.0 Å². The lowest BCUT2D eigenvalue weighted by Gasteiger charge is -2.12. The van der Waals surface area contributed by atoms with Crippen LogP contribution in [0.3, 0.4) is 0 Å². The molecule has 0 bridgehead atoms. The molecule has 0 saturated heterocycles. The lowest BCUT2D eigenvalue weighted by molar-refractivity contribution is 0.416. The Hall–Kier alpha value is -1.39. The number of nitrogens with two attached hydrogens (primary N) is 1. The molecule has 1 atom stereocenters. The monoisotopic (exact) mass is 251 g/mol. The normalized spacial score (nSPS) is 12.5. The van der Waals surface area contributed by atoms with E-state index in [1.165, 1.54) is 12.1 Å². The van der Waals surface area contributed by atoms with Gasteiger partial charge in [-0.15, -0.1) is 11.3 Å². The number of rotatable bonds is 3. The summed E-state index contributed by atoms with van der Waals surface area (Å²) in [7, 11) is 1.63. The summed E-state index contributed by atoms with van der Waals surface area (Å²) >= 11 is 1.55. The quantitative estimate of drug-likeness (QED) is 0.908. The maximum Gasteiger partial charge on any atom is 0.129 e. The molecule has 0 amide bonds. The summed E-state index contributed by atoms with van der Waals surface area (Å²) in [5, 5.41) is 1.91. The van der Waals surface area contributed by atoms with Crippen molar-refractivity contribution in [3.63, 3.8) is 0 Å². The van der Waals surface area contributed by atoms with Crippen LogP contribution in [0.25, 0.3) is 0 Å². The first-order valence-corrected chi connectivity index (χ1v) is 6.14. The fourth-order valence-electron chi connectivity index (χ4n) is 1.75. The molecule has 1 heterocycles. The summed E-state index contributed by atoms with van der Waals surface area (Å²) in [6, 6.07) is 6.36. The molecule has 0 aliphatic carbocycles. The van der Waals surface area contributed by atoms with E-state index in [4.69, 9.17) is 10.5 Å². The summed E-state index contributed by atoms with van der Waals surface area (Å²) < 4.78 is 18.1. The second kappa shape index (κ2) is 4.85. The Morgan fingerprint density at radius 1 is 1.35 bits per heavy atom. The number of hydrogen-bond donors (Lipinski definition) is 1. The summed E-state index contributed by atoms with van der Waals surface area (Å²) in [6.45, 7) is 1.86. The second-order valence-corrected chi connectivity index (χ2v) is 4.81. The molecular weight excluding hydrogens is 237 g/mol. The number of hydrogen-bond acceptors (Lipinski definition) is 3. The molecule has 0 aliphatic heterocycles. The molecule has 0 fully saturated rings. The Balaban J connectivity index is 2.33. The zero-order valence-electron chi connectivity index (χ0n) is 9.74. The first-order valence-electron chi connectivity index (χ1n) is 5.26. The molecule has 2 N–H and O–H groups in total. The minimum absolute atomic E-state index is 0.232. The van der Waals surface area contributed by atoms with Gasteiger partial charge in [0.1, 0.15) is 11.6 Å². The highest BCUT2D eigenvalue weighted by atomic mass is 32.1. The van der Waals surface area contributed by atoms with Crippen LogP contribution >= 0.6 is 11.3 Å². The van der Waals surface area contributed by atoms with Crippen LogP contribution in [0.4, 0.5) is 4.39 Å². The van der Waals surface area contributed by atoms with Crippen molar-refractivity contribution >= 4 is 11.3 Å². The van der Waals surface area contributed by atoms with Gasteiger partial charge in [0.15, 0.2) is 0 Å². The molecule has 2 rings (SSSR count). The molecule has 2 aromatic rings. The molecule has 1 aromatic carbocycles. The number of aryl methyl sites for hydroxylation is 1. The van der Waals surface area contributed by atoms with Gasteiger partial charge in [0.25, 0.3) is 0 Å². The van der Waals surface area contributed by atoms with Crippen LogP contribution < -0.4 is 10.5 Å². The Morgan fingerprint density at radius 3 is 2.71 bits per heavy atom. The van der Waals surface area contributed by atoms with Crippen LogP contribution in [0.5, 0.6) is 5.75 Å². The van der Waals surface area contributed by atoms with Gasteiger partial charge in [-0.25, -0.2) is 4.39 Å². The Morgan fingerprint density at radius 2 is 2.12 bits per heavy atom. The Kier molecular flexibility index (Phi) is 3.45. The highest BCUT2D eigenvalue weighted by molar-refractivity contribution is 7.10. The third-order valence-corrected chi connectivity index (χ3v) is 3.70. The third kappa shape index (κ3) is 2.48. The summed E-state index contributed by atoms with van der Waals surface area (Å²) in [5.41, 5.74) is 7.97.